The first-order chi connectivity index (χ1) is 4.22. The maximum atomic E-state index is 9.21. The van der Waals surface area contributed by atoms with E-state index in [2.05, 4.69) is 0 Å². The molecule has 2 heteroatoms. The average molecular weight is 213 g/mol. The second kappa shape index (κ2) is 3.92. The van der Waals surface area contributed by atoms with Gasteiger partial charge in [-0.05, 0) is 25.0 Å². The van der Waals surface area contributed by atoms with Crippen LogP contribution in [0.3, 0.4) is 0 Å². The quantitative estimate of drug-likeness (QED) is 0.699. The number of aryl methyl sites for hydroxylation is 2. The molecule has 52 valence electrons. The normalized spacial score (nSPS) is 8.60. The van der Waals surface area contributed by atoms with Crippen molar-refractivity contribution in [2.45, 2.75) is 13.8 Å². The molecule has 1 aromatic carbocycles. The van der Waals surface area contributed by atoms with Crippen LogP contribution in [0.25, 0.3) is 0 Å². The molecule has 1 N–H and O–H groups in total. The van der Waals surface area contributed by atoms with Gasteiger partial charge < -0.3 is 5.11 Å². The Morgan fingerprint density at radius 3 is 1.80 bits per heavy atom. The van der Waals surface area contributed by atoms with Crippen molar-refractivity contribution in [3.63, 3.8) is 0 Å². The molecule has 0 radical (unpaired) electrons. The number of hydrogen-bond acceptors (Lipinski definition) is 1. The number of hydrogen-bond donors (Lipinski definition) is 1. The number of phenols is 1. The van der Waals surface area contributed by atoms with Crippen LogP contribution in [0, 0.1) is 13.8 Å². The molecular formula is C8H10OZr. The molecule has 0 aliphatic rings. The van der Waals surface area contributed by atoms with Gasteiger partial charge in [-0.3, -0.25) is 0 Å². The van der Waals surface area contributed by atoms with Crippen LogP contribution in [-0.4, -0.2) is 5.11 Å². The van der Waals surface area contributed by atoms with E-state index in [9.17, 15) is 5.11 Å². The molecule has 10 heavy (non-hydrogen) atoms. The van der Waals surface area contributed by atoms with Crippen molar-refractivity contribution in [1.29, 1.82) is 0 Å². The fourth-order valence-electron chi connectivity index (χ4n) is 0.806. The molecule has 0 spiro atoms. The van der Waals surface area contributed by atoms with Crippen LogP contribution in [-0.2, 0) is 26.2 Å². The van der Waals surface area contributed by atoms with Gasteiger partial charge in [-0.1, -0.05) is 18.2 Å². The first-order valence-electron chi connectivity index (χ1n) is 2.97. The van der Waals surface area contributed by atoms with E-state index in [-0.39, 0.29) is 26.2 Å². The smallest absolute Gasteiger partial charge is 0.121 e. The van der Waals surface area contributed by atoms with Gasteiger partial charge in [0.1, 0.15) is 5.75 Å². The number of para-hydroxylation sites is 1. The zero-order chi connectivity index (χ0) is 6.85. The third-order valence-corrected chi connectivity index (χ3v) is 1.44. The Balaban J connectivity index is 0.000000810. The van der Waals surface area contributed by atoms with Crippen molar-refractivity contribution in [2.24, 2.45) is 0 Å². The summed E-state index contributed by atoms with van der Waals surface area (Å²) in [4.78, 5) is 0. The van der Waals surface area contributed by atoms with Crippen molar-refractivity contribution in [3.05, 3.63) is 29.3 Å². The van der Waals surface area contributed by atoms with Gasteiger partial charge >= 0.3 is 0 Å². The van der Waals surface area contributed by atoms with Gasteiger partial charge in [0.2, 0.25) is 0 Å². The molecule has 1 nitrogen and oxygen atoms in total. The average Bonchev–Trinajstić information content (AvgIpc) is 1.83. The summed E-state index contributed by atoms with van der Waals surface area (Å²) < 4.78 is 0. The molecule has 0 fully saturated rings. The van der Waals surface area contributed by atoms with E-state index in [1.807, 2.05) is 32.0 Å². The van der Waals surface area contributed by atoms with E-state index in [0.717, 1.165) is 11.1 Å². The summed E-state index contributed by atoms with van der Waals surface area (Å²) in [7, 11) is 0. The van der Waals surface area contributed by atoms with E-state index >= 15 is 0 Å². The zero-order valence-corrected chi connectivity index (χ0v) is 8.64. The van der Waals surface area contributed by atoms with Crippen LogP contribution in [0.4, 0.5) is 0 Å². The minimum absolute atomic E-state index is 0. The van der Waals surface area contributed by atoms with E-state index in [4.69, 9.17) is 0 Å². The first kappa shape index (κ1) is 9.90. The van der Waals surface area contributed by atoms with Crippen LogP contribution < -0.4 is 0 Å². The minimum atomic E-state index is 0. The van der Waals surface area contributed by atoms with Crippen LogP contribution in [0.1, 0.15) is 11.1 Å². The molecule has 0 atom stereocenters. The number of phenolic OH excluding ortho intramolecular Hbond substituents is 1. The van der Waals surface area contributed by atoms with E-state index < -0.39 is 0 Å². The molecule has 0 aliphatic carbocycles. The van der Waals surface area contributed by atoms with Crippen LogP contribution in [0.15, 0.2) is 18.2 Å². The van der Waals surface area contributed by atoms with Crippen LogP contribution in [0.5, 0.6) is 5.75 Å². The Bertz CT molecular complexity index is 200. The summed E-state index contributed by atoms with van der Waals surface area (Å²) >= 11 is 0. The fourth-order valence-corrected chi connectivity index (χ4v) is 0.806. The summed E-state index contributed by atoms with van der Waals surface area (Å²) in [5.41, 5.74) is 1.88. The van der Waals surface area contributed by atoms with Crippen LogP contribution in [0.2, 0.25) is 0 Å². The third-order valence-electron chi connectivity index (χ3n) is 1.44. The van der Waals surface area contributed by atoms with Gasteiger partial charge in [-0.2, -0.15) is 0 Å². The Morgan fingerprint density at radius 1 is 1.10 bits per heavy atom. The molecule has 0 saturated carbocycles. The second-order valence-electron chi connectivity index (χ2n) is 2.24. The predicted octanol–water partition coefficient (Wildman–Crippen LogP) is 2.01. The Kier molecular flexibility index (Phi) is 3.89. The number of benzene rings is 1. The second-order valence-corrected chi connectivity index (χ2v) is 2.24. The van der Waals surface area contributed by atoms with Gasteiger partial charge in [-0.15, -0.1) is 0 Å². The SMILES string of the molecule is Cc1cccc(C)c1O.[Zr]. The molecule has 0 amide bonds. The topological polar surface area (TPSA) is 20.2 Å². The standard InChI is InChI=1S/C8H10O.Zr/c1-6-4-3-5-7(2)8(6)9;/h3-5,9H,1-2H3;. The van der Waals surface area contributed by atoms with Crippen molar-refractivity contribution in [3.8, 4) is 5.75 Å². The van der Waals surface area contributed by atoms with E-state index in [1.54, 1.807) is 0 Å². The fraction of sp³-hybridized carbons (Fsp3) is 0.250. The first-order valence-corrected chi connectivity index (χ1v) is 2.97. The summed E-state index contributed by atoms with van der Waals surface area (Å²) in [6.07, 6.45) is 0. The molecule has 0 aliphatic heterocycles. The largest absolute Gasteiger partial charge is 0.507 e. The number of aromatic hydroxyl groups is 1. The van der Waals surface area contributed by atoms with Crippen molar-refractivity contribution < 1.29 is 31.3 Å². The van der Waals surface area contributed by atoms with Crippen molar-refractivity contribution in [1.82, 2.24) is 0 Å². The molecular weight excluding hydrogens is 203 g/mol. The molecule has 0 unspecified atom stereocenters. The maximum absolute atomic E-state index is 9.21. The third kappa shape index (κ3) is 1.95. The summed E-state index contributed by atoms with van der Waals surface area (Å²) in [5, 5.41) is 9.21. The van der Waals surface area contributed by atoms with Gasteiger partial charge in [0.15, 0.2) is 0 Å². The molecule has 0 aromatic heterocycles. The molecule has 1 rings (SSSR count). The Labute approximate surface area is 80.2 Å². The Morgan fingerprint density at radius 2 is 1.50 bits per heavy atom. The maximum Gasteiger partial charge on any atom is 0.121 e. The van der Waals surface area contributed by atoms with Gasteiger partial charge in [0, 0.05) is 26.2 Å². The predicted molar refractivity (Wildman–Crippen MR) is 37.6 cm³/mol. The zero-order valence-electron chi connectivity index (χ0n) is 6.18. The number of rotatable bonds is 0. The summed E-state index contributed by atoms with van der Waals surface area (Å²) in [5.74, 6) is 0.414. The minimum Gasteiger partial charge on any atom is -0.507 e. The van der Waals surface area contributed by atoms with Crippen molar-refractivity contribution in [2.75, 3.05) is 0 Å². The molecule has 1 aromatic rings. The molecule has 0 heterocycles. The van der Waals surface area contributed by atoms with Gasteiger partial charge in [0.25, 0.3) is 0 Å². The summed E-state index contributed by atoms with van der Waals surface area (Å²) in [6.45, 7) is 3.78. The Hall–Kier alpha value is -0.0969. The van der Waals surface area contributed by atoms with E-state index in [1.165, 1.54) is 0 Å². The van der Waals surface area contributed by atoms with E-state index in [0.29, 0.717) is 5.75 Å². The van der Waals surface area contributed by atoms with Crippen LogP contribution >= 0.6 is 0 Å². The van der Waals surface area contributed by atoms with Gasteiger partial charge in [0.05, 0.1) is 0 Å². The monoisotopic (exact) mass is 212 g/mol. The molecule has 0 saturated heterocycles. The van der Waals surface area contributed by atoms with Crippen molar-refractivity contribution >= 4 is 0 Å². The summed E-state index contributed by atoms with van der Waals surface area (Å²) in [6, 6.07) is 5.72. The van der Waals surface area contributed by atoms with Gasteiger partial charge in [-0.25, -0.2) is 0 Å². The molecule has 0 bridgehead atoms.